The topological polar surface area (TPSA) is 72.6 Å². The van der Waals surface area contributed by atoms with Crippen molar-refractivity contribution in [3.63, 3.8) is 0 Å². The lowest BCUT2D eigenvalue weighted by Gasteiger charge is -2.27. The lowest BCUT2D eigenvalue weighted by Crippen LogP contribution is -2.30. The van der Waals surface area contributed by atoms with Crippen molar-refractivity contribution in [1.82, 2.24) is 0 Å². The predicted molar refractivity (Wildman–Crippen MR) is 76.7 cm³/mol. The van der Waals surface area contributed by atoms with Gasteiger partial charge in [0.15, 0.2) is 0 Å². The van der Waals surface area contributed by atoms with E-state index in [2.05, 4.69) is 15.9 Å². The second kappa shape index (κ2) is 6.34. The molecule has 1 unspecified atom stereocenters. The highest BCUT2D eigenvalue weighted by Gasteiger charge is 2.23. The first kappa shape index (κ1) is 15.9. The number of benzene rings is 1. The van der Waals surface area contributed by atoms with Crippen LogP contribution in [0.3, 0.4) is 0 Å². The van der Waals surface area contributed by atoms with Gasteiger partial charge in [-0.3, -0.25) is 10.1 Å². The molecule has 0 radical (unpaired) electrons. The molecule has 5 nitrogen and oxygen atoms in total. The largest absolute Gasteiger partial charge is 0.488 e. The quantitative estimate of drug-likeness (QED) is 0.492. The van der Waals surface area contributed by atoms with Crippen LogP contribution in [0.25, 0.3) is 0 Å². The Hall–Kier alpha value is -1.14. The highest BCUT2D eigenvalue weighted by atomic mass is 79.9. The number of hydrogen-bond acceptors (Lipinski definition) is 4. The van der Waals surface area contributed by atoms with Crippen LogP contribution in [0.5, 0.6) is 5.75 Å². The average molecular weight is 332 g/mol. The third-order valence-electron chi connectivity index (χ3n) is 2.59. The van der Waals surface area contributed by atoms with Crippen molar-refractivity contribution in [2.75, 3.05) is 0 Å². The number of aliphatic hydroxyl groups excluding tert-OH is 1. The zero-order chi connectivity index (χ0) is 14.6. The van der Waals surface area contributed by atoms with Crippen LogP contribution in [0.15, 0.2) is 18.2 Å². The third kappa shape index (κ3) is 4.80. The minimum Gasteiger partial charge on any atom is -0.488 e. The number of nitrogens with zero attached hydrogens (tertiary/aromatic N) is 1. The van der Waals surface area contributed by atoms with E-state index in [0.717, 1.165) is 6.42 Å². The summed E-state index contributed by atoms with van der Waals surface area (Å²) >= 11 is 3.47. The monoisotopic (exact) mass is 331 g/mol. The van der Waals surface area contributed by atoms with Crippen LogP contribution in [0, 0.1) is 10.1 Å². The number of hydrogen-bond donors (Lipinski definition) is 1. The van der Waals surface area contributed by atoms with Crippen molar-refractivity contribution in [3.05, 3.63) is 33.9 Å². The summed E-state index contributed by atoms with van der Waals surface area (Å²) in [5.74, 6) is 0.521. The smallest absolute Gasteiger partial charge is 0.275 e. The van der Waals surface area contributed by atoms with Gasteiger partial charge in [0.05, 0.1) is 17.1 Å². The van der Waals surface area contributed by atoms with Gasteiger partial charge in [-0.2, -0.15) is 0 Å². The van der Waals surface area contributed by atoms with Crippen molar-refractivity contribution in [3.8, 4) is 5.75 Å². The van der Waals surface area contributed by atoms with Gasteiger partial charge in [0.25, 0.3) is 5.69 Å². The van der Waals surface area contributed by atoms with Crippen molar-refractivity contribution in [2.45, 2.75) is 44.2 Å². The first-order chi connectivity index (χ1) is 8.75. The van der Waals surface area contributed by atoms with Gasteiger partial charge in [0, 0.05) is 10.9 Å². The molecule has 0 aromatic heterocycles. The molecule has 1 aromatic rings. The van der Waals surface area contributed by atoms with Crippen LogP contribution in [0.2, 0.25) is 0 Å². The summed E-state index contributed by atoms with van der Waals surface area (Å²) < 4.78 is 5.83. The van der Waals surface area contributed by atoms with Gasteiger partial charge in [-0.05, 0) is 32.4 Å². The molecular weight excluding hydrogens is 314 g/mol. The second-order valence-corrected chi connectivity index (χ2v) is 6.62. The van der Waals surface area contributed by atoms with E-state index in [1.165, 1.54) is 12.1 Å². The molecule has 1 N–H and O–H groups in total. The lowest BCUT2D eigenvalue weighted by atomic mass is 10.0. The summed E-state index contributed by atoms with van der Waals surface area (Å²) in [5, 5.41) is 19.9. The normalized spacial score (nSPS) is 13.1. The van der Waals surface area contributed by atoms with Gasteiger partial charge in [-0.25, -0.2) is 0 Å². The standard InChI is InChI=1S/C13H18BrNO4/c1-9(14)7-13(2,3)19-11-4-5-12(15(17)18)10(6-11)8-16/h4-6,9,16H,7-8H2,1-3H3. The molecular formula is C13H18BrNO4. The number of aliphatic hydroxyl groups is 1. The van der Waals surface area contributed by atoms with E-state index in [9.17, 15) is 10.1 Å². The Labute approximate surface area is 120 Å². The minimum absolute atomic E-state index is 0.0958. The van der Waals surface area contributed by atoms with Crippen LogP contribution >= 0.6 is 15.9 Å². The van der Waals surface area contributed by atoms with Gasteiger partial charge in [-0.1, -0.05) is 22.9 Å². The van der Waals surface area contributed by atoms with E-state index in [1.54, 1.807) is 6.07 Å². The number of nitro benzene ring substituents is 1. The van der Waals surface area contributed by atoms with Gasteiger partial charge < -0.3 is 9.84 Å². The molecule has 0 bridgehead atoms. The molecule has 6 heteroatoms. The third-order valence-corrected chi connectivity index (χ3v) is 2.91. The van der Waals surface area contributed by atoms with Crippen LogP contribution in [-0.2, 0) is 6.61 Å². The lowest BCUT2D eigenvalue weighted by molar-refractivity contribution is -0.385. The highest BCUT2D eigenvalue weighted by molar-refractivity contribution is 9.09. The Kier molecular flexibility index (Phi) is 5.31. The summed E-state index contributed by atoms with van der Waals surface area (Å²) in [4.78, 5) is 10.6. The summed E-state index contributed by atoms with van der Waals surface area (Å²) in [6, 6.07) is 4.42. The zero-order valence-electron chi connectivity index (χ0n) is 11.2. The van der Waals surface area contributed by atoms with Gasteiger partial charge in [-0.15, -0.1) is 0 Å². The van der Waals surface area contributed by atoms with E-state index in [0.29, 0.717) is 10.6 Å². The molecule has 0 aliphatic heterocycles. The van der Waals surface area contributed by atoms with Crippen molar-refractivity contribution in [2.24, 2.45) is 0 Å². The minimum atomic E-state index is -0.513. The van der Waals surface area contributed by atoms with Crippen LogP contribution in [0.1, 0.15) is 32.8 Å². The molecule has 0 fully saturated rings. The van der Waals surface area contributed by atoms with Crippen molar-refractivity contribution in [1.29, 1.82) is 0 Å². The maximum absolute atomic E-state index is 10.8. The Balaban J connectivity index is 2.94. The number of rotatable bonds is 6. The number of halogens is 1. The van der Waals surface area contributed by atoms with E-state index in [-0.39, 0.29) is 17.9 Å². The molecule has 1 atom stereocenters. The number of ether oxygens (including phenoxy) is 1. The highest BCUT2D eigenvalue weighted by Crippen LogP contribution is 2.29. The maximum Gasteiger partial charge on any atom is 0.275 e. The fraction of sp³-hybridized carbons (Fsp3) is 0.538. The van der Waals surface area contributed by atoms with Crippen molar-refractivity contribution < 1.29 is 14.8 Å². The molecule has 0 amide bonds. The molecule has 1 aromatic carbocycles. The van der Waals surface area contributed by atoms with Gasteiger partial charge >= 0.3 is 0 Å². The zero-order valence-corrected chi connectivity index (χ0v) is 12.8. The molecule has 0 aliphatic carbocycles. The fourth-order valence-corrected chi connectivity index (χ4v) is 2.75. The van der Waals surface area contributed by atoms with Gasteiger partial charge in [0.1, 0.15) is 11.4 Å². The van der Waals surface area contributed by atoms with Crippen LogP contribution in [0.4, 0.5) is 5.69 Å². The van der Waals surface area contributed by atoms with Crippen LogP contribution < -0.4 is 4.74 Å². The summed E-state index contributed by atoms with van der Waals surface area (Å²) in [6.07, 6.45) is 0.790. The Bertz CT molecular complexity index is 460. The van der Waals surface area contributed by atoms with E-state index in [1.807, 2.05) is 20.8 Å². The van der Waals surface area contributed by atoms with Crippen molar-refractivity contribution >= 4 is 21.6 Å². The van der Waals surface area contributed by atoms with Crippen LogP contribution in [-0.4, -0.2) is 20.5 Å². The molecule has 0 aliphatic rings. The summed E-state index contributed by atoms with van der Waals surface area (Å²) in [5.41, 5.74) is -0.238. The molecule has 0 spiro atoms. The first-order valence-corrected chi connectivity index (χ1v) is 6.88. The molecule has 0 heterocycles. The Morgan fingerprint density at radius 1 is 1.53 bits per heavy atom. The van der Waals surface area contributed by atoms with Gasteiger partial charge in [0.2, 0.25) is 0 Å². The molecule has 106 valence electrons. The molecule has 19 heavy (non-hydrogen) atoms. The van der Waals surface area contributed by atoms with E-state index in [4.69, 9.17) is 9.84 Å². The molecule has 0 saturated carbocycles. The SMILES string of the molecule is CC(Br)CC(C)(C)Oc1ccc([N+](=O)[O-])c(CO)c1. The second-order valence-electron chi connectivity index (χ2n) is 5.05. The number of nitro groups is 1. The summed E-state index contributed by atoms with van der Waals surface area (Å²) in [7, 11) is 0. The average Bonchev–Trinajstić information content (AvgIpc) is 2.25. The molecule has 1 rings (SSSR count). The first-order valence-electron chi connectivity index (χ1n) is 5.96. The van der Waals surface area contributed by atoms with E-state index >= 15 is 0 Å². The number of alkyl halides is 1. The Morgan fingerprint density at radius 2 is 2.16 bits per heavy atom. The maximum atomic E-state index is 10.8. The Morgan fingerprint density at radius 3 is 2.63 bits per heavy atom. The summed E-state index contributed by atoms with van der Waals surface area (Å²) in [6.45, 7) is 5.54. The molecule has 0 saturated heterocycles. The van der Waals surface area contributed by atoms with E-state index < -0.39 is 10.5 Å². The fourth-order valence-electron chi connectivity index (χ4n) is 1.97. The predicted octanol–water partition coefficient (Wildman–Crippen LogP) is 3.42.